The van der Waals surface area contributed by atoms with Gasteiger partial charge in [0.1, 0.15) is 6.29 Å². The molecule has 0 bridgehead atoms. The molecule has 4 heteroatoms. The summed E-state index contributed by atoms with van der Waals surface area (Å²) in [5.74, 6) is 0.000513. The Morgan fingerprint density at radius 2 is 2.15 bits per heavy atom. The molecule has 13 heavy (non-hydrogen) atoms. The number of unbranched alkanes of at least 4 members (excludes halogenated alkanes) is 1. The van der Waals surface area contributed by atoms with Gasteiger partial charge >= 0.3 is 0 Å². The largest absolute Gasteiger partial charge is 0.356 e. The van der Waals surface area contributed by atoms with Crippen molar-refractivity contribution in [3.8, 4) is 0 Å². The molecule has 0 rings (SSSR count). The average molecular weight is 186 g/mol. The predicted octanol–water partition coefficient (Wildman–Crippen LogP) is 0.0797. The zero-order valence-electron chi connectivity index (χ0n) is 8.30. The van der Waals surface area contributed by atoms with Crippen LogP contribution in [0.2, 0.25) is 0 Å². The SMILES string of the molecule is CN[C@H](C=O)CCCCNC(C)=O. The smallest absolute Gasteiger partial charge is 0.216 e. The molecule has 0 radical (unpaired) electrons. The molecule has 0 heterocycles. The Kier molecular flexibility index (Phi) is 7.20. The number of carbonyl (C=O) groups excluding carboxylic acids is 2. The predicted molar refractivity (Wildman–Crippen MR) is 51.4 cm³/mol. The number of aldehydes is 1. The normalized spacial score (nSPS) is 12.2. The van der Waals surface area contributed by atoms with E-state index in [0.29, 0.717) is 6.54 Å². The van der Waals surface area contributed by atoms with Gasteiger partial charge in [0.2, 0.25) is 5.91 Å². The van der Waals surface area contributed by atoms with Crippen molar-refractivity contribution >= 4 is 12.2 Å². The molecule has 0 aliphatic heterocycles. The minimum Gasteiger partial charge on any atom is -0.356 e. The number of nitrogens with one attached hydrogen (secondary N) is 2. The number of likely N-dealkylation sites (N-methyl/N-ethyl adjacent to an activating group) is 1. The van der Waals surface area contributed by atoms with Crippen molar-refractivity contribution in [2.45, 2.75) is 32.2 Å². The van der Waals surface area contributed by atoms with Crippen molar-refractivity contribution in [3.63, 3.8) is 0 Å². The molecule has 1 amide bonds. The van der Waals surface area contributed by atoms with E-state index >= 15 is 0 Å². The van der Waals surface area contributed by atoms with Crippen LogP contribution >= 0.6 is 0 Å². The first-order valence-electron chi connectivity index (χ1n) is 4.57. The first kappa shape index (κ1) is 12.1. The molecule has 0 aliphatic rings. The van der Waals surface area contributed by atoms with E-state index in [1.807, 2.05) is 0 Å². The van der Waals surface area contributed by atoms with Gasteiger partial charge in [0.25, 0.3) is 0 Å². The highest BCUT2D eigenvalue weighted by Crippen LogP contribution is 1.97. The van der Waals surface area contributed by atoms with Gasteiger partial charge in [-0.05, 0) is 26.3 Å². The van der Waals surface area contributed by atoms with Gasteiger partial charge in [0.15, 0.2) is 0 Å². The second kappa shape index (κ2) is 7.73. The summed E-state index contributed by atoms with van der Waals surface area (Å²) < 4.78 is 0. The van der Waals surface area contributed by atoms with Crippen molar-refractivity contribution in [3.05, 3.63) is 0 Å². The molecular formula is C9H18N2O2. The molecule has 76 valence electrons. The van der Waals surface area contributed by atoms with Crippen LogP contribution in [-0.4, -0.2) is 31.8 Å². The lowest BCUT2D eigenvalue weighted by molar-refractivity contribution is -0.119. The van der Waals surface area contributed by atoms with Crippen LogP contribution in [-0.2, 0) is 9.59 Å². The van der Waals surface area contributed by atoms with E-state index in [1.54, 1.807) is 7.05 Å². The van der Waals surface area contributed by atoms with E-state index in [0.717, 1.165) is 25.5 Å². The summed E-state index contributed by atoms with van der Waals surface area (Å²) in [7, 11) is 1.77. The lowest BCUT2D eigenvalue weighted by Crippen LogP contribution is -2.27. The summed E-state index contributed by atoms with van der Waals surface area (Å²) in [4.78, 5) is 20.8. The zero-order chi connectivity index (χ0) is 10.1. The monoisotopic (exact) mass is 186 g/mol. The second-order valence-electron chi connectivity index (χ2n) is 3.01. The van der Waals surface area contributed by atoms with Crippen molar-refractivity contribution in [1.29, 1.82) is 0 Å². The Labute approximate surface area is 79.1 Å². The number of carbonyl (C=O) groups is 2. The standard InChI is InChI=1S/C9H18N2O2/c1-8(13)11-6-4-3-5-9(7-12)10-2/h7,9-10H,3-6H2,1-2H3,(H,11,13)/t9-/m0/s1. The maximum absolute atomic E-state index is 10.5. The van der Waals surface area contributed by atoms with Crippen LogP contribution in [0, 0.1) is 0 Å². The molecule has 0 fully saturated rings. The average Bonchev–Trinajstić information content (AvgIpc) is 2.11. The number of amides is 1. The maximum atomic E-state index is 10.5. The Balaban J connectivity index is 3.24. The van der Waals surface area contributed by atoms with Crippen LogP contribution in [0.1, 0.15) is 26.2 Å². The molecule has 0 aromatic rings. The molecule has 0 aromatic carbocycles. The van der Waals surface area contributed by atoms with E-state index in [4.69, 9.17) is 0 Å². The highest BCUT2D eigenvalue weighted by Gasteiger charge is 2.02. The van der Waals surface area contributed by atoms with Crippen molar-refractivity contribution in [2.24, 2.45) is 0 Å². The van der Waals surface area contributed by atoms with Gasteiger partial charge in [-0.3, -0.25) is 4.79 Å². The van der Waals surface area contributed by atoms with Gasteiger partial charge < -0.3 is 15.4 Å². The molecule has 2 N–H and O–H groups in total. The van der Waals surface area contributed by atoms with E-state index in [1.165, 1.54) is 6.92 Å². The highest BCUT2D eigenvalue weighted by molar-refractivity contribution is 5.72. The molecular weight excluding hydrogens is 168 g/mol. The molecule has 4 nitrogen and oxygen atoms in total. The third kappa shape index (κ3) is 7.46. The Bertz CT molecular complexity index is 160. The number of rotatable bonds is 7. The maximum Gasteiger partial charge on any atom is 0.216 e. The van der Waals surface area contributed by atoms with Gasteiger partial charge in [-0.25, -0.2) is 0 Å². The summed E-state index contributed by atoms with van der Waals surface area (Å²) in [6.07, 6.45) is 3.62. The van der Waals surface area contributed by atoms with Crippen LogP contribution in [0.15, 0.2) is 0 Å². The number of hydrogen-bond acceptors (Lipinski definition) is 3. The first-order chi connectivity index (χ1) is 6.20. The Morgan fingerprint density at radius 1 is 1.46 bits per heavy atom. The van der Waals surface area contributed by atoms with Crippen LogP contribution in [0.5, 0.6) is 0 Å². The first-order valence-corrected chi connectivity index (χ1v) is 4.57. The lowest BCUT2D eigenvalue weighted by Gasteiger charge is -2.07. The van der Waals surface area contributed by atoms with Gasteiger partial charge in [-0.1, -0.05) is 0 Å². The summed E-state index contributed by atoms with van der Waals surface area (Å²) >= 11 is 0. The molecule has 0 aromatic heterocycles. The minimum atomic E-state index is -0.0441. The second-order valence-corrected chi connectivity index (χ2v) is 3.01. The fourth-order valence-corrected chi connectivity index (χ4v) is 1.03. The summed E-state index contributed by atoms with van der Waals surface area (Å²) in [6, 6.07) is -0.0441. The lowest BCUT2D eigenvalue weighted by atomic mass is 10.1. The van der Waals surface area contributed by atoms with Crippen molar-refractivity contribution in [1.82, 2.24) is 10.6 Å². The fraction of sp³-hybridized carbons (Fsp3) is 0.778. The van der Waals surface area contributed by atoms with Gasteiger partial charge in [0, 0.05) is 13.5 Å². The Morgan fingerprint density at radius 3 is 2.62 bits per heavy atom. The van der Waals surface area contributed by atoms with Crippen LogP contribution in [0.25, 0.3) is 0 Å². The van der Waals surface area contributed by atoms with Crippen LogP contribution < -0.4 is 10.6 Å². The van der Waals surface area contributed by atoms with Crippen molar-refractivity contribution in [2.75, 3.05) is 13.6 Å². The van der Waals surface area contributed by atoms with Gasteiger partial charge in [-0.2, -0.15) is 0 Å². The van der Waals surface area contributed by atoms with Crippen LogP contribution in [0.3, 0.4) is 0 Å². The zero-order valence-corrected chi connectivity index (χ0v) is 8.30. The fourth-order valence-electron chi connectivity index (χ4n) is 1.03. The molecule has 0 aliphatic carbocycles. The quantitative estimate of drug-likeness (QED) is 0.437. The molecule has 0 spiro atoms. The van der Waals surface area contributed by atoms with E-state index in [-0.39, 0.29) is 11.9 Å². The third-order valence-electron chi connectivity index (χ3n) is 1.85. The van der Waals surface area contributed by atoms with Gasteiger partial charge in [0.05, 0.1) is 6.04 Å². The third-order valence-corrected chi connectivity index (χ3v) is 1.85. The Hall–Kier alpha value is -0.900. The number of hydrogen-bond donors (Lipinski definition) is 2. The molecule has 0 saturated heterocycles. The minimum absolute atomic E-state index is 0.000513. The van der Waals surface area contributed by atoms with Crippen LogP contribution in [0.4, 0.5) is 0 Å². The van der Waals surface area contributed by atoms with Crippen molar-refractivity contribution < 1.29 is 9.59 Å². The van der Waals surface area contributed by atoms with E-state index in [2.05, 4.69) is 10.6 Å². The summed E-state index contributed by atoms with van der Waals surface area (Å²) in [5, 5.41) is 5.60. The summed E-state index contributed by atoms with van der Waals surface area (Å²) in [5.41, 5.74) is 0. The summed E-state index contributed by atoms with van der Waals surface area (Å²) in [6.45, 7) is 2.20. The molecule has 0 saturated carbocycles. The van der Waals surface area contributed by atoms with E-state index < -0.39 is 0 Å². The topological polar surface area (TPSA) is 58.2 Å². The molecule has 0 unspecified atom stereocenters. The molecule has 1 atom stereocenters. The highest BCUT2D eigenvalue weighted by atomic mass is 16.1. The van der Waals surface area contributed by atoms with E-state index in [9.17, 15) is 9.59 Å². The van der Waals surface area contributed by atoms with Gasteiger partial charge in [-0.15, -0.1) is 0 Å².